The molecule has 0 unspecified atom stereocenters. The Morgan fingerprint density at radius 1 is 0.960 bits per heavy atom. The van der Waals surface area contributed by atoms with Crippen molar-refractivity contribution in [2.75, 3.05) is 0 Å². The van der Waals surface area contributed by atoms with E-state index in [0.717, 1.165) is 0 Å². The van der Waals surface area contributed by atoms with Gasteiger partial charge in [-0.1, -0.05) is 12.1 Å². The Bertz CT molecular complexity index is 947. The van der Waals surface area contributed by atoms with Gasteiger partial charge >= 0.3 is 5.97 Å². The van der Waals surface area contributed by atoms with Gasteiger partial charge in [-0.05, 0) is 23.8 Å². The summed E-state index contributed by atoms with van der Waals surface area (Å²) in [5.74, 6) is -0.698. The standard InChI is InChI=1S/C16H9N3O6/c20-16-14(9-10-2-1-3-13(8-10)19(23)24)17-15(25-16)11-4-6-12(7-5-11)18(21)22/h1-9H/b14-9-. The van der Waals surface area contributed by atoms with E-state index in [1.807, 2.05) is 0 Å². The third-order valence-corrected chi connectivity index (χ3v) is 3.33. The van der Waals surface area contributed by atoms with Gasteiger partial charge in [0.15, 0.2) is 5.70 Å². The van der Waals surface area contributed by atoms with Gasteiger partial charge in [0.25, 0.3) is 11.4 Å². The first-order chi connectivity index (χ1) is 11.9. The number of carbonyl (C=O) groups excluding carboxylic acids is 1. The van der Waals surface area contributed by atoms with Gasteiger partial charge < -0.3 is 4.74 Å². The van der Waals surface area contributed by atoms with Gasteiger partial charge in [-0.25, -0.2) is 9.79 Å². The molecule has 0 fully saturated rings. The molecule has 1 aliphatic rings. The van der Waals surface area contributed by atoms with Crippen LogP contribution in [0.5, 0.6) is 0 Å². The molecule has 25 heavy (non-hydrogen) atoms. The fourth-order valence-electron chi connectivity index (χ4n) is 2.14. The molecule has 9 heteroatoms. The summed E-state index contributed by atoms with van der Waals surface area (Å²) in [5, 5.41) is 21.4. The summed E-state index contributed by atoms with van der Waals surface area (Å²) >= 11 is 0. The molecule has 0 saturated carbocycles. The van der Waals surface area contributed by atoms with Crippen molar-refractivity contribution < 1.29 is 19.4 Å². The highest BCUT2D eigenvalue weighted by Gasteiger charge is 2.24. The average Bonchev–Trinajstić information content (AvgIpc) is 2.96. The van der Waals surface area contributed by atoms with Gasteiger partial charge in [0.05, 0.1) is 9.85 Å². The topological polar surface area (TPSA) is 125 Å². The number of non-ortho nitro benzene ring substituents is 2. The quantitative estimate of drug-likeness (QED) is 0.365. The molecule has 2 aromatic carbocycles. The third-order valence-electron chi connectivity index (χ3n) is 3.33. The molecule has 2 aromatic rings. The van der Waals surface area contributed by atoms with E-state index in [1.165, 1.54) is 48.5 Å². The molecule has 3 rings (SSSR count). The molecule has 0 atom stereocenters. The molecule has 0 saturated heterocycles. The first-order valence-corrected chi connectivity index (χ1v) is 6.96. The number of nitro benzene ring substituents is 2. The van der Waals surface area contributed by atoms with Crippen LogP contribution in [-0.4, -0.2) is 21.7 Å². The van der Waals surface area contributed by atoms with E-state index >= 15 is 0 Å². The van der Waals surface area contributed by atoms with Crippen LogP contribution in [0.25, 0.3) is 6.08 Å². The van der Waals surface area contributed by atoms with Crippen molar-refractivity contribution in [2.24, 2.45) is 4.99 Å². The maximum Gasteiger partial charge on any atom is 0.363 e. The predicted octanol–water partition coefficient (Wildman–Crippen LogP) is 2.85. The van der Waals surface area contributed by atoms with E-state index < -0.39 is 15.8 Å². The summed E-state index contributed by atoms with van der Waals surface area (Å²) < 4.78 is 5.05. The van der Waals surface area contributed by atoms with Crippen LogP contribution in [0.2, 0.25) is 0 Å². The number of cyclic esters (lactones) is 1. The van der Waals surface area contributed by atoms with E-state index in [1.54, 1.807) is 6.07 Å². The van der Waals surface area contributed by atoms with Gasteiger partial charge in [-0.2, -0.15) is 0 Å². The van der Waals surface area contributed by atoms with E-state index in [-0.39, 0.29) is 23.0 Å². The van der Waals surface area contributed by atoms with Crippen molar-refractivity contribution in [3.05, 3.63) is 85.6 Å². The van der Waals surface area contributed by atoms with Gasteiger partial charge in [0.2, 0.25) is 5.90 Å². The van der Waals surface area contributed by atoms with E-state index in [0.29, 0.717) is 11.1 Å². The minimum atomic E-state index is -0.708. The predicted molar refractivity (Wildman–Crippen MR) is 86.8 cm³/mol. The Labute approximate surface area is 140 Å². The van der Waals surface area contributed by atoms with Crippen molar-refractivity contribution >= 4 is 29.3 Å². The fourth-order valence-corrected chi connectivity index (χ4v) is 2.14. The number of hydrogen-bond donors (Lipinski definition) is 0. The monoisotopic (exact) mass is 339 g/mol. The van der Waals surface area contributed by atoms with E-state index in [2.05, 4.69) is 4.99 Å². The van der Waals surface area contributed by atoms with Crippen molar-refractivity contribution in [3.63, 3.8) is 0 Å². The molecular weight excluding hydrogens is 330 g/mol. The highest BCUT2D eigenvalue weighted by atomic mass is 16.6. The first kappa shape index (κ1) is 16.0. The maximum absolute atomic E-state index is 11.9. The second-order valence-corrected chi connectivity index (χ2v) is 4.99. The zero-order valence-corrected chi connectivity index (χ0v) is 12.5. The fraction of sp³-hybridized carbons (Fsp3) is 0. The Morgan fingerprint density at radius 3 is 2.28 bits per heavy atom. The Morgan fingerprint density at radius 2 is 1.64 bits per heavy atom. The van der Waals surface area contributed by atoms with Crippen LogP contribution < -0.4 is 0 Å². The average molecular weight is 339 g/mol. The number of nitro groups is 2. The molecule has 0 radical (unpaired) electrons. The summed E-state index contributed by atoms with van der Waals surface area (Å²) in [5.41, 5.74) is 0.603. The second kappa shape index (κ2) is 6.32. The Kier molecular flexibility index (Phi) is 4.04. The number of ether oxygens (including phenoxy) is 1. The van der Waals surface area contributed by atoms with Crippen molar-refractivity contribution in [2.45, 2.75) is 0 Å². The SMILES string of the molecule is O=C1OC(c2ccc([N+](=O)[O-])cc2)=N/C1=C\c1cccc([N+](=O)[O-])c1. The van der Waals surface area contributed by atoms with Crippen LogP contribution in [0.3, 0.4) is 0 Å². The number of nitrogens with zero attached hydrogens (tertiary/aromatic N) is 3. The summed E-state index contributed by atoms with van der Waals surface area (Å²) in [6, 6.07) is 11.1. The lowest BCUT2D eigenvalue weighted by molar-refractivity contribution is -0.385. The first-order valence-electron chi connectivity index (χ1n) is 6.96. The van der Waals surface area contributed by atoms with E-state index in [9.17, 15) is 25.0 Å². The molecule has 9 nitrogen and oxygen atoms in total. The van der Waals surface area contributed by atoms with Gasteiger partial charge in [-0.3, -0.25) is 20.2 Å². The smallest absolute Gasteiger partial charge is 0.363 e. The number of hydrogen-bond acceptors (Lipinski definition) is 7. The van der Waals surface area contributed by atoms with Crippen LogP contribution in [0.15, 0.2) is 59.2 Å². The molecule has 0 spiro atoms. The summed E-state index contributed by atoms with van der Waals surface area (Å²) in [7, 11) is 0. The lowest BCUT2D eigenvalue weighted by Gasteiger charge is -1.98. The lowest BCUT2D eigenvalue weighted by Crippen LogP contribution is -2.05. The minimum Gasteiger partial charge on any atom is -0.402 e. The molecule has 0 bridgehead atoms. The zero-order chi connectivity index (χ0) is 18.0. The Hall–Kier alpha value is -3.88. The second-order valence-electron chi connectivity index (χ2n) is 4.99. The van der Waals surface area contributed by atoms with Crippen LogP contribution in [0, 0.1) is 20.2 Å². The van der Waals surface area contributed by atoms with Crippen molar-refractivity contribution in [1.29, 1.82) is 0 Å². The van der Waals surface area contributed by atoms with Gasteiger partial charge in [0.1, 0.15) is 0 Å². The highest BCUT2D eigenvalue weighted by molar-refractivity contribution is 6.12. The van der Waals surface area contributed by atoms with Crippen molar-refractivity contribution in [3.8, 4) is 0 Å². The summed E-state index contributed by atoms with van der Waals surface area (Å²) in [6.07, 6.45) is 1.37. The molecule has 0 N–H and O–H groups in total. The van der Waals surface area contributed by atoms with Crippen LogP contribution in [0.4, 0.5) is 11.4 Å². The molecule has 1 heterocycles. The number of benzene rings is 2. The lowest BCUT2D eigenvalue weighted by atomic mass is 10.1. The number of aliphatic imine (C=N–C) groups is 1. The maximum atomic E-state index is 11.9. The van der Waals surface area contributed by atoms with Crippen molar-refractivity contribution in [1.82, 2.24) is 0 Å². The highest BCUT2D eigenvalue weighted by Crippen LogP contribution is 2.22. The number of rotatable bonds is 4. The number of esters is 1. The molecule has 0 amide bonds. The number of carbonyl (C=O) groups is 1. The molecular formula is C16H9N3O6. The largest absolute Gasteiger partial charge is 0.402 e. The zero-order valence-electron chi connectivity index (χ0n) is 12.5. The molecule has 124 valence electrons. The minimum absolute atomic E-state index is 0.0107. The van der Waals surface area contributed by atoms with E-state index in [4.69, 9.17) is 4.74 Å². The normalized spacial score (nSPS) is 15.0. The summed E-state index contributed by atoms with van der Waals surface area (Å²) in [6.45, 7) is 0. The molecule has 1 aliphatic heterocycles. The van der Waals surface area contributed by atoms with Gasteiger partial charge in [0, 0.05) is 29.8 Å². The Balaban J connectivity index is 1.90. The van der Waals surface area contributed by atoms with Crippen LogP contribution in [-0.2, 0) is 9.53 Å². The summed E-state index contributed by atoms with van der Waals surface area (Å²) in [4.78, 5) is 36.3. The van der Waals surface area contributed by atoms with Gasteiger partial charge in [-0.15, -0.1) is 0 Å². The molecule has 0 aromatic heterocycles. The van der Waals surface area contributed by atoms with Crippen LogP contribution >= 0.6 is 0 Å². The third kappa shape index (κ3) is 3.39. The molecule has 0 aliphatic carbocycles. The van der Waals surface area contributed by atoms with Crippen LogP contribution in [0.1, 0.15) is 11.1 Å².